The third-order valence-corrected chi connectivity index (χ3v) is 4.93. The van der Waals surface area contributed by atoms with Gasteiger partial charge in [0.2, 0.25) is 5.89 Å². The standard InChI is InChI=1S/C18H21BrN4O/c1-4-15-21-22-18(24-15)17-11(2)16(12(3)23(17)10-9-20)13-7-5-6-8-14(13)19/h5-8H,4,9-10,20H2,1-3H3. The molecule has 0 spiro atoms. The van der Waals surface area contributed by atoms with E-state index in [4.69, 9.17) is 10.2 Å². The van der Waals surface area contributed by atoms with Gasteiger partial charge >= 0.3 is 0 Å². The van der Waals surface area contributed by atoms with Crippen LogP contribution in [0.15, 0.2) is 33.2 Å². The topological polar surface area (TPSA) is 69.9 Å². The first-order valence-electron chi connectivity index (χ1n) is 8.05. The smallest absolute Gasteiger partial charge is 0.264 e. The van der Waals surface area contributed by atoms with E-state index in [1.807, 2.05) is 19.1 Å². The molecule has 24 heavy (non-hydrogen) atoms. The lowest BCUT2D eigenvalue weighted by Crippen LogP contribution is -2.12. The van der Waals surface area contributed by atoms with E-state index >= 15 is 0 Å². The third-order valence-electron chi connectivity index (χ3n) is 4.23. The number of hydrogen-bond acceptors (Lipinski definition) is 4. The van der Waals surface area contributed by atoms with Gasteiger partial charge in [-0.1, -0.05) is 41.1 Å². The molecule has 0 bridgehead atoms. The second-order valence-electron chi connectivity index (χ2n) is 5.71. The van der Waals surface area contributed by atoms with Crippen LogP contribution < -0.4 is 5.73 Å². The van der Waals surface area contributed by atoms with Crippen LogP contribution in [0.3, 0.4) is 0 Å². The fourth-order valence-electron chi connectivity index (χ4n) is 3.13. The van der Waals surface area contributed by atoms with Crippen molar-refractivity contribution in [2.45, 2.75) is 33.7 Å². The minimum absolute atomic E-state index is 0.548. The molecule has 6 heteroatoms. The minimum atomic E-state index is 0.548. The van der Waals surface area contributed by atoms with Crippen LogP contribution in [-0.4, -0.2) is 21.3 Å². The first-order chi connectivity index (χ1) is 11.6. The van der Waals surface area contributed by atoms with Crippen LogP contribution in [0, 0.1) is 13.8 Å². The molecule has 0 saturated carbocycles. The van der Waals surface area contributed by atoms with Gasteiger partial charge in [-0.25, -0.2) is 0 Å². The van der Waals surface area contributed by atoms with Crippen molar-refractivity contribution in [1.82, 2.24) is 14.8 Å². The Labute approximate surface area is 150 Å². The Balaban J connectivity index is 2.26. The molecule has 0 radical (unpaired) electrons. The molecule has 0 aliphatic rings. The quantitative estimate of drug-likeness (QED) is 0.713. The van der Waals surface area contributed by atoms with Crippen molar-refractivity contribution in [3.8, 4) is 22.7 Å². The van der Waals surface area contributed by atoms with E-state index in [1.54, 1.807) is 0 Å². The van der Waals surface area contributed by atoms with E-state index in [-0.39, 0.29) is 0 Å². The SMILES string of the molecule is CCc1nnc(-c2c(C)c(-c3ccccc3Br)c(C)n2CCN)o1. The summed E-state index contributed by atoms with van der Waals surface area (Å²) in [6.07, 6.45) is 0.722. The van der Waals surface area contributed by atoms with Crippen LogP contribution in [0.5, 0.6) is 0 Å². The summed E-state index contributed by atoms with van der Waals surface area (Å²) in [5.74, 6) is 1.20. The molecule has 0 saturated heterocycles. The van der Waals surface area contributed by atoms with E-state index in [2.05, 4.69) is 56.7 Å². The molecule has 2 aromatic heterocycles. The number of aryl methyl sites for hydroxylation is 1. The number of benzene rings is 1. The van der Waals surface area contributed by atoms with Crippen molar-refractivity contribution in [1.29, 1.82) is 0 Å². The van der Waals surface area contributed by atoms with Crippen LogP contribution in [-0.2, 0) is 13.0 Å². The van der Waals surface area contributed by atoms with Crippen molar-refractivity contribution < 1.29 is 4.42 Å². The molecule has 126 valence electrons. The van der Waals surface area contributed by atoms with Crippen molar-refractivity contribution in [2.24, 2.45) is 5.73 Å². The van der Waals surface area contributed by atoms with Gasteiger partial charge in [-0.3, -0.25) is 0 Å². The Hall–Kier alpha value is -1.92. The van der Waals surface area contributed by atoms with Crippen LogP contribution in [0.1, 0.15) is 24.1 Å². The van der Waals surface area contributed by atoms with Gasteiger partial charge in [0.1, 0.15) is 5.69 Å². The van der Waals surface area contributed by atoms with Crippen molar-refractivity contribution in [3.05, 3.63) is 45.9 Å². The summed E-state index contributed by atoms with van der Waals surface area (Å²) in [5.41, 5.74) is 11.4. The zero-order valence-electron chi connectivity index (χ0n) is 14.1. The van der Waals surface area contributed by atoms with Crippen molar-refractivity contribution in [2.75, 3.05) is 6.54 Å². The molecule has 0 fully saturated rings. The first kappa shape index (κ1) is 16.9. The highest BCUT2D eigenvalue weighted by Gasteiger charge is 2.24. The molecule has 3 aromatic rings. The highest BCUT2D eigenvalue weighted by atomic mass is 79.9. The summed E-state index contributed by atoms with van der Waals surface area (Å²) < 4.78 is 9.07. The van der Waals surface area contributed by atoms with Gasteiger partial charge in [0.15, 0.2) is 0 Å². The zero-order chi connectivity index (χ0) is 17.3. The van der Waals surface area contributed by atoms with Gasteiger partial charge < -0.3 is 14.7 Å². The highest BCUT2D eigenvalue weighted by molar-refractivity contribution is 9.10. The largest absolute Gasteiger partial charge is 0.419 e. The Morgan fingerprint density at radius 2 is 1.96 bits per heavy atom. The van der Waals surface area contributed by atoms with Crippen LogP contribution >= 0.6 is 15.9 Å². The maximum Gasteiger partial charge on any atom is 0.264 e. The summed E-state index contributed by atoms with van der Waals surface area (Å²) in [4.78, 5) is 0. The lowest BCUT2D eigenvalue weighted by Gasteiger charge is -2.09. The average Bonchev–Trinajstić information content (AvgIpc) is 3.13. The van der Waals surface area contributed by atoms with E-state index in [9.17, 15) is 0 Å². The van der Waals surface area contributed by atoms with E-state index < -0.39 is 0 Å². The second kappa shape index (κ2) is 6.91. The summed E-state index contributed by atoms with van der Waals surface area (Å²) in [6.45, 7) is 7.46. The van der Waals surface area contributed by atoms with Crippen LogP contribution in [0.4, 0.5) is 0 Å². The third kappa shape index (κ3) is 2.80. The van der Waals surface area contributed by atoms with Gasteiger partial charge in [0.25, 0.3) is 5.89 Å². The zero-order valence-corrected chi connectivity index (χ0v) is 15.7. The van der Waals surface area contributed by atoms with Crippen LogP contribution in [0.2, 0.25) is 0 Å². The maximum atomic E-state index is 5.84. The molecule has 5 nitrogen and oxygen atoms in total. The molecule has 0 atom stereocenters. The molecule has 0 unspecified atom stereocenters. The predicted octanol–water partition coefficient (Wildman–Crippen LogP) is 4.11. The Kier molecular flexibility index (Phi) is 4.87. The van der Waals surface area contributed by atoms with Gasteiger partial charge in [0, 0.05) is 35.2 Å². The Bertz CT molecular complexity index is 866. The highest BCUT2D eigenvalue weighted by Crippen LogP contribution is 2.39. The first-order valence-corrected chi connectivity index (χ1v) is 8.85. The number of hydrogen-bond donors (Lipinski definition) is 1. The fourth-order valence-corrected chi connectivity index (χ4v) is 3.62. The lowest BCUT2D eigenvalue weighted by atomic mass is 10.0. The maximum absolute atomic E-state index is 5.84. The molecular weight excluding hydrogens is 368 g/mol. The summed E-state index contributed by atoms with van der Waals surface area (Å²) >= 11 is 3.66. The summed E-state index contributed by atoms with van der Waals surface area (Å²) in [6, 6.07) is 8.22. The van der Waals surface area contributed by atoms with E-state index in [0.717, 1.165) is 33.4 Å². The summed E-state index contributed by atoms with van der Waals surface area (Å²) in [7, 11) is 0. The molecule has 3 rings (SSSR count). The molecule has 1 aromatic carbocycles. The van der Waals surface area contributed by atoms with Gasteiger partial charge in [-0.05, 0) is 31.0 Å². The van der Waals surface area contributed by atoms with Gasteiger partial charge in [-0.15, -0.1) is 10.2 Å². The number of aromatic nitrogens is 3. The molecular formula is C18H21BrN4O. The van der Waals surface area contributed by atoms with Crippen molar-refractivity contribution in [3.63, 3.8) is 0 Å². The molecule has 2 heterocycles. The van der Waals surface area contributed by atoms with Gasteiger partial charge in [-0.2, -0.15) is 0 Å². The monoisotopic (exact) mass is 388 g/mol. The molecule has 0 amide bonds. The normalized spacial score (nSPS) is 11.2. The molecule has 0 aliphatic carbocycles. The number of rotatable bonds is 5. The van der Waals surface area contributed by atoms with E-state index in [1.165, 1.54) is 5.56 Å². The van der Waals surface area contributed by atoms with Crippen LogP contribution in [0.25, 0.3) is 22.7 Å². The van der Waals surface area contributed by atoms with Crippen molar-refractivity contribution >= 4 is 15.9 Å². The Morgan fingerprint density at radius 3 is 2.58 bits per heavy atom. The lowest BCUT2D eigenvalue weighted by molar-refractivity contribution is 0.506. The van der Waals surface area contributed by atoms with Gasteiger partial charge in [0.05, 0.1) is 0 Å². The average molecular weight is 389 g/mol. The fraction of sp³-hybridized carbons (Fsp3) is 0.333. The predicted molar refractivity (Wildman–Crippen MR) is 98.8 cm³/mol. The number of halogens is 1. The summed E-state index contributed by atoms with van der Waals surface area (Å²) in [5, 5.41) is 8.35. The van der Waals surface area contributed by atoms with E-state index in [0.29, 0.717) is 24.9 Å². The number of nitrogens with zero attached hydrogens (tertiary/aromatic N) is 3. The molecule has 2 N–H and O–H groups in total. The second-order valence-corrected chi connectivity index (χ2v) is 6.56. The number of nitrogens with two attached hydrogens (primary N) is 1. The molecule has 0 aliphatic heterocycles. The Morgan fingerprint density at radius 1 is 1.21 bits per heavy atom. The minimum Gasteiger partial charge on any atom is -0.419 e.